The summed E-state index contributed by atoms with van der Waals surface area (Å²) in [5.41, 5.74) is -1.85. The van der Waals surface area contributed by atoms with Gasteiger partial charge in [0.05, 0.1) is 10.9 Å². The average Bonchev–Trinajstić information content (AvgIpc) is 3.29. The van der Waals surface area contributed by atoms with E-state index in [2.05, 4.69) is 4.98 Å². The molecular formula is C17H13F2N3O3S. The van der Waals surface area contributed by atoms with Gasteiger partial charge in [-0.3, -0.25) is 9.36 Å². The fourth-order valence-corrected chi connectivity index (χ4v) is 3.90. The van der Waals surface area contributed by atoms with Crippen LogP contribution in [0.4, 0.5) is 14.5 Å². The number of aromatic nitrogens is 2. The van der Waals surface area contributed by atoms with E-state index in [1.807, 2.05) is 0 Å². The molecule has 0 bridgehead atoms. The van der Waals surface area contributed by atoms with Crippen LogP contribution < -0.4 is 10.3 Å². The van der Waals surface area contributed by atoms with Crippen LogP contribution in [0.5, 0.6) is 0 Å². The Kier molecular flexibility index (Phi) is 3.95. The molecule has 1 aliphatic heterocycles. The number of anilines is 1. The van der Waals surface area contributed by atoms with Crippen molar-refractivity contribution in [3.05, 3.63) is 51.3 Å². The monoisotopic (exact) mass is 377 g/mol. The van der Waals surface area contributed by atoms with Gasteiger partial charge in [0.1, 0.15) is 17.1 Å². The predicted molar refractivity (Wildman–Crippen MR) is 93.5 cm³/mol. The number of rotatable bonds is 3. The van der Waals surface area contributed by atoms with Gasteiger partial charge < -0.3 is 10.0 Å². The van der Waals surface area contributed by atoms with Gasteiger partial charge in [-0.25, -0.2) is 18.6 Å². The molecule has 3 heterocycles. The lowest BCUT2D eigenvalue weighted by atomic mass is 10.1. The lowest BCUT2D eigenvalue weighted by Gasteiger charge is -2.21. The van der Waals surface area contributed by atoms with Crippen LogP contribution in [0.25, 0.3) is 16.0 Å². The number of carboxylic acid groups (broad SMARTS) is 1. The Morgan fingerprint density at radius 2 is 2.00 bits per heavy atom. The molecule has 134 valence electrons. The van der Waals surface area contributed by atoms with Crippen molar-refractivity contribution in [2.45, 2.75) is 12.8 Å². The number of nitrogens with zero attached hydrogens (tertiary/aromatic N) is 3. The summed E-state index contributed by atoms with van der Waals surface area (Å²) in [6.07, 6.45) is 4.18. The van der Waals surface area contributed by atoms with E-state index in [0.717, 1.165) is 36.4 Å². The molecule has 0 radical (unpaired) electrons. The number of hydrogen-bond donors (Lipinski definition) is 1. The molecule has 0 unspecified atom stereocenters. The van der Waals surface area contributed by atoms with Crippen molar-refractivity contribution >= 4 is 33.9 Å². The minimum absolute atomic E-state index is 0.168. The molecule has 0 amide bonds. The second-order valence-corrected chi connectivity index (χ2v) is 6.85. The molecule has 4 rings (SSSR count). The Bertz CT molecular complexity index is 1070. The van der Waals surface area contributed by atoms with Gasteiger partial charge in [-0.15, -0.1) is 11.3 Å². The van der Waals surface area contributed by atoms with Gasteiger partial charge >= 0.3 is 5.97 Å². The maximum atomic E-state index is 15.3. The van der Waals surface area contributed by atoms with Crippen molar-refractivity contribution in [2.24, 2.45) is 0 Å². The first kappa shape index (κ1) is 16.6. The van der Waals surface area contributed by atoms with E-state index >= 15 is 4.39 Å². The summed E-state index contributed by atoms with van der Waals surface area (Å²) >= 11 is 1.15. The molecule has 9 heteroatoms. The van der Waals surface area contributed by atoms with E-state index in [1.165, 1.54) is 10.8 Å². The summed E-state index contributed by atoms with van der Waals surface area (Å²) in [5.74, 6) is -3.22. The van der Waals surface area contributed by atoms with Crippen LogP contribution in [-0.2, 0) is 0 Å². The fourth-order valence-electron chi connectivity index (χ4n) is 3.27. The number of carboxylic acids is 1. The molecule has 26 heavy (non-hydrogen) atoms. The molecule has 2 aromatic heterocycles. The van der Waals surface area contributed by atoms with E-state index in [4.69, 9.17) is 0 Å². The summed E-state index contributed by atoms with van der Waals surface area (Å²) < 4.78 is 31.2. The molecule has 6 nitrogen and oxygen atoms in total. The topological polar surface area (TPSA) is 75.4 Å². The zero-order valence-corrected chi connectivity index (χ0v) is 14.2. The third-order valence-corrected chi connectivity index (χ3v) is 5.21. The molecule has 1 aromatic carbocycles. The Labute approximate surface area is 149 Å². The molecule has 1 saturated heterocycles. The van der Waals surface area contributed by atoms with Gasteiger partial charge in [0.25, 0.3) is 0 Å². The quantitative estimate of drug-likeness (QED) is 0.759. The third kappa shape index (κ3) is 2.47. The Balaban J connectivity index is 2.13. The number of halogens is 2. The van der Waals surface area contributed by atoms with Crippen LogP contribution in [0.15, 0.2) is 28.6 Å². The van der Waals surface area contributed by atoms with Gasteiger partial charge in [0, 0.05) is 30.9 Å². The zero-order chi connectivity index (χ0) is 18.4. The first-order valence-corrected chi connectivity index (χ1v) is 8.82. The molecule has 3 aromatic rings. The van der Waals surface area contributed by atoms with E-state index in [-0.39, 0.29) is 21.7 Å². The van der Waals surface area contributed by atoms with Gasteiger partial charge in [-0.05, 0) is 18.9 Å². The van der Waals surface area contributed by atoms with Crippen molar-refractivity contribution in [3.63, 3.8) is 0 Å². The summed E-state index contributed by atoms with van der Waals surface area (Å²) in [7, 11) is 0. The number of hydrogen-bond acceptors (Lipinski definition) is 5. The van der Waals surface area contributed by atoms with E-state index in [9.17, 15) is 19.1 Å². The standard InChI is InChI=1S/C17H13F2N3O3S/c18-11-7-9-13(12(19)14(11)21-4-1-2-5-21)22(17-20-3-6-26-17)8-10(15(9)23)16(24)25/h3,6-8H,1-2,4-5H2,(H,24,25). The summed E-state index contributed by atoms with van der Waals surface area (Å²) in [5, 5.41) is 10.9. The Hall–Kier alpha value is -2.81. The minimum atomic E-state index is -1.47. The van der Waals surface area contributed by atoms with Crippen LogP contribution in [0.3, 0.4) is 0 Å². The molecule has 1 aliphatic rings. The molecule has 1 fully saturated rings. The number of fused-ring (bicyclic) bond motifs is 1. The highest BCUT2D eigenvalue weighted by Crippen LogP contribution is 2.33. The second-order valence-electron chi connectivity index (χ2n) is 5.97. The second kappa shape index (κ2) is 6.17. The average molecular weight is 377 g/mol. The molecule has 0 atom stereocenters. The van der Waals surface area contributed by atoms with Crippen molar-refractivity contribution in [2.75, 3.05) is 18.0 Å². The SMILES string of the molecule is O=C(O)c1cn(-c2nccs2)c2c(F)c(N3CCCC3)c(F)cc2c1=O. The smallest absolute Gasteiger partial charge is 0.341 e. The lowest BCUT2D eigenvalue weighted by Crippen LogP contribution is -2.23. The third-order valence-electron chi connectivity index (χ3n) is 4.43. The number of benzene rings is 1. The molecular weight excluding hydrogens is 364 g/mol. The van der Waals surface area contributed by atoms with Gasteiger partial charge in [-0.2, -0.15) is 0 Å². The summed E-state index contributed by atoms with van der Waals surface area (Å²) in [4.78, 5) is 29.6. The molecule has 1 N–H and O–H groups in total. The van der Waals surface area contributed by atoms with Crippen LogP contribution in [0.1, 0.15) is 23.2 Å². The molecule has 0 aliphatic carbocycles. The lowest BCUT2D eigenvalue weighted by molar-refractivity contribution is 0.0695. The van der Waals surface area contributed by atoms with Crippen molar-refractivity contribution in [1.82, 2.24) is 9.55 Å². The molecule has 0 spiro atoms. The predicted octanol–water partition coefficient (Wildman–Crippen LogP) is 3.02. The van der Waals surface area contributed by atoms with Crippen LogP contribution >= 0.6 is 11.3 Å². The van der Waals surface area contributed by atoms with Crippen LogP contribution in [-0.4, -0.2) is 33.7 Å². The van der Waals surface area contributed by atoms with Gasteiger partial charge in [0.2, 0.25) is 5.43 Å². The van der Waals surface area contributed by atoms with E-state index in [1.54, 1.807) is 10.3 Å². The fraction of sp³-hybridized carbons (Fsp3) is 0.235. The van der Waals surface area contributed by atoms with E-state index < -0.39 is 28.6 Å². The Morgan fingerprint density at radius 3 is 2.62 bits per heavy atom. The molecule has 0 saturated carbocycles. The maximum absolute atomic E-state index is 15.3. The minimum Gasteiger partial charge on any atom is -0.477 e. The van der Waals surface area contributed by atoms with Crippen LogP contribution in [0, 0.1) is 11.6 Å². The Morgan fingerprint density at radius 1 is 1.27 bits per heavy atom. The summed E-state index contributed by atoms with van der Waals surface area (Å²) in [6.45, 7) is 1.04. The van der Waals surface area contributed by atoms with Crippen LogP contribution in [0.2, 0.25) is 0 Å². The van der Waals surface area contributed by atoms with Crippen molar-refractivity contribution in [1.29, 1.82) is 0 Å². The zero-order valence-electron chi connectivity index (χ0n) is 13.4. The first-order valence-electron chi connectivity index (χ1n) is 7.94. The first-order chi connectivity index (χ1) is 12.5. The summed E-state index contributed by atoms with van der Waals surface area (Å²) in [6, 6.07) is 0.922. The number of thiazole rings is 1. The van der Waals surface area contributed by atoms with Crippen molar-refractivity contribution in [3.8, 4) is 5.13 Å². The highest BCUT2D eigenvalue weighted by atomic mass is 32.1. The number of carbonyl (C=O) groups is 1. The number of pyridine rings is 1. The highest BCUT2D eigenvalue weighted by Gasteiger charge is 2.27. The van der Waals surface area contributed by atoms with E-state index in [0.29, 0.717) is 13.1 Å². The number of aromatic carboxylic acids is 1. The normalized spacial score (nSPS) is 14.3. The highest BCUT2D eigenvalue weighted by molar-refractivity contribution is 7.12. The largest absolute Gasteiger partial charge is 0.477 e. The maximum Gasteiger partial charge on any atom is 0.341 e. The van der Waals surface area contributed by atoms with Gasteiger partial charge in [0.15, 0.2) is 10.9 Å². The van der Waals surface area contributed by atoms with Gasteiger partial charge in [-0.1, -0.05) is 0 Å². The van der Waals surface area contributed by atoms with Crippen molar-refractivity contribution < 1.29 is 18.7 Å².